The molecular formula is C15H13NS. The predicted molar refractivity (Wildman–Crippen MR) is 75.6 cm³/mol. The fraction of sp³-hybridized carbons (Fsp3) is 0.0667. The second-order valence-electron chi connectivity index (χ2n) is 3.96. The number of thiophene rings is 1. The van der Waals surface area contributed by atoms with Crippen molar-refractivity contribution < 1.29 is 0 Å². The molecule has 0 atom stereocenters. The Hall–Kier alpha value is -1.80. The first kappa shape index (κ1) is 10.4. The number of anilines is 1. The minimum atomic E-state index is 0.895. The number of hydrogen-bond acceptors (Lipinski definition) is 2. The fourth-order valence-corrected chi connectivity index (χ4v) is 2.62. The van der Waals surface area contributed by atoms with Gasteiger partial charge < -0.3 is 5.32 Å². The monoisotopic (exact) mass is 239 g/mol. The average Bonchev–Trinajstić information content (AvgIpc) is 2.89. The molecule has 84 valence electrons. The van der Waals surface area contributed by atoms with Crippen molar-refractivity contribution in [1.82, 2.24) is 0 Å². The van der Waals surface area contributed by atoms with Crippen LogP contribution in [0.4, 0.5) is 5.69 Å². The lowest BCUT2D eigenvalue weighted by atomic mass is 10.1. The van der Waals surface area contributed by atoms with Crippen LogP contribution < -0.4 is 5.32 Å². The van der Waals surface area contributed by atoms with Crippen LogP contribution in [-0.2, 0) is 6.54 Å². The zero-order valence-electron chi connectivity index (χ0n) is 9.39. The van der Waals surface area contributed by atoms with E-state index in [1.165, 1.54) is 21.3 Å². The molecule has 2 heteroatoms. The summed E-state index contributed by atoms with van der Waals surface area (Å²) in [7, 11) is 0. The van der Waals surface area contributed by atoms with Crippen LogP contribution in [0.15, 0.2) is 60.0 Å². The molecule has 17 heavy (non-hydrogen) atoms. The quantitative estimate of drug-likeness (QED) is 0.709. The summed E-state index contributed by atoms with van der Waals surface area (Å²) in [5.74, 6) is 0. The summed E-state index contributed by atoms with van der Waals surface area (Å²) >= 11 is 1.79. The molecular weight excluding hydrogens is 226 g/mol. The van der Waals surface area contributed by atoms with Gasteiger partial charge in [-0.3, -0.25) is 0 Å². The van der Waals surface area contributed by atoms with Gasteiger partial charge in [0.05, 0.1) is 0 Å². The molecule has 0 spiro atoms. The van der Waals surface area contributed by atoms with E-state index in [1.54, 1.807) is 11.3 Å². The van der Waals surface area contributed by atoms with Crippen LogP contribution in [0.25, 0.3) is 10.8 Å². The molecule has 2 aromatic carbocycles. The minimum absolute atomic E-state index is 0.895. The van der Waals surface area contributed by atoms with Gasteiger partial charge >= 0.3 is 0 Å². The van der Waals surface area contributed by atoms with Gasteiger partial charge in [0, 0.05) is 22.5 Å². The van der Waals surface area contributed by atoms with Crippen LogP contribution in [0.5, 0.6) is 0 Å². The van der Waals surface area contributed by atoms with Crippen LogP contribution in [0.2, 0.25) is 0 Å². The summed E-state index contributed by atoms with van der Waals surface area (Å²) in [5, 5.41) is 8.18. The Bertz CT molecular complexity index is 608. The second-order valence-corrected chi connectivity index (χ2v) is 4.99. The maximum Gasteiger partial charge on any atom is 0.0494 e. The summed E-state index contributed by atoms with van der Waals surface area (Å²) in [6.07, 6.45) is 0. The van der Waals surface area contributed by atoms with Crippen molar-refractivity contribution in [3.8, 4) is 0 Å². The first-order chi connectivity index (χ1) is 8.43. The topological polar surface area (TPSA) is 12.0 Å². The maximum absolute atomic E-state index is 3.50. The van der Waals surface area contributed by atoms with E-state index >= 15 is 0 Å². The molecule has 1 nitrogen and oxygen atoms in total. The average molecular weight is 239 g/mol. The summed E-state index contributed by atoms with van der Waals surface area (Å²) in [4.78, 5) is 1.36. The van der Waals surface area contributed by atoms with E-state index in [9.17, 15) is 0 Å². The lowest BCUT2D eigenvalue weighted by Gasteiger charge is -2.08. The molecule has 1 N–H and O–H groups in total. The van der Waals surface area contributed by atoms with Crippen molar-refractivity contribution in [2.45, 2.75) is 6.54 Å². The zero-order chi connectivity index (χ0) is 11.5. The van der Waals surface area contributed by atoms with Crippen molar-refractivity contribution >= 4 is 27.8 Å². The van der Waals surface area contributed by atoms with Gasteiger partial charge in [0.25, 0.3) is 0 Å². The van der Waals surface area contributed by atoms with Gasteiger partial charge in [-0.05, 0) is 22.9 Å². The van der Waals surface area contributed by atoms with E-state index in [2.05, 4.69) is 65.3 Å². The molecule has 3 rings (SSSR count). The lowest BCUT2D eigenvalue weighted by Crippen LogP contribution is -1.97. The Labute approximate surface area is 105 Å². The second kappa shape index (κ2) is 4.60. The van der Waals surface area contributed by atoms with Gasteiger partial charge in [-0.25, -0.2) is 0 Å². The van der Waals surface area contributed by atoms with Gasteiger partial charge in [-0.2, -0.15) is 0 Å². The molecule has 1 aromatic heterocycles. The predicted octanol–water partition coefficient (Wildman–Crippen LogP) is 4.51. The van der Waals surface area contributed by atoms with E-state index in [4.69, 9.17) is 0 Å². The fourth-order valence-electron chi connectivity index (χ4n) is 1.98. The highest BCUT2D eigenvalue weighted by Gasteiger charge is 1.99. The molecule has 0 unspecified atom stereocenters. The third kappa shape index (κ3) is 2.17. The Kier molecular flexibility index (Phi) is 2.80. The number of benzene rings is 2. The summed E-state index contributed by atoms with van der Waals surface area (Å²) in [5.41, 5.74) is 1.21. The van der Waals surface area contributed by atoms with Crippen LogP contribution >= 0.6 is 11.3 Å². The van der Waals surface area contributed by atoms with E-state index < -0.39 is 0 Å². The van der Waals surface area contributed by atoms with Crippen molar-refractivity contribution in [2.75, 3.05) is 5.32 Å². The maximum atomic E-state index is 3.50. The van der Waals surface area contributed by atoms with Crippen LogP contribution in [-0.4, -0.2) is 0 Å². The van der Waals surface area contributed by atoms with E-state index in [0.717, 1.165) is 6.54 Å². The Morgan fingerprint density at radius 3 is 2.65 bits per heavy atom. The van der Waals surface area contributed by atoms with Crippen molar-refractivity contribution in [1.29, 1.82) is 0 Å². The molecule has 0 aliphatic rings. The third-order valence-corrected chi connectivity index (χ3v) is 3.70. The molecule has 0 aliphatic carbocycles. The van der Waals surface area contributed by atoms with Gasteiger partial charge in [-0.1, -0.05) is 42.5 Å². The Morgan fingerprint density at radius 1 is 0.882 bits per heavy atom. The highest BCUT2D eigenvalue weighted by atomic mass is 32.1. The molecule has 0 saturated heterocycles. The van der Waals surface area contributed by atoms with Gasteiger partial charge in [-0.15, -0.1) is 11.3 Å². The minimum Gasteiger partial charge on any atom is -0.380 e. The van der Waals surface area contributed by atoms with Gasteiger partial charge in [0.1, 0.15) is 0 Å². The number of hydrogen-bond donors (Lipinski definition) is 1. The molecule has 0 saturated carbocycles. The van der Waals surface area contributed by atoms with E-state index in [1.807, 2.05) is 0 Å². The van der Waals surface area contributed by atoms with Gasteiger partial charge in [0.2, 0.25) is 0 Å². The van der Waals surface area contributed by atoms with E-state index in [-0.39, 0.29) is 0 Å². The zero-order valence-corrected chi connectivity index (χ0v) is 10.2. The third-order valence-electron chi connectivity index (χ3n) is 2.82. The molecule has 0 amide bonds. The van der Waals surface area contributed by atoms with Gasteiger partial charge in [0.15, 0.2) is 0 Å². The molecule has 0 fully saturated rings. The molecule has 0 bridgehead atoms. The van der Waals surface area contributed by atoms with Crippen molar-refractivity contribution in [2.24, 2.45) is 0 Å². The van der Waals surface area contributed by atoms with Crippen molar-refractivity contribution in [3.05, 3.63) is 64.9 Å². The lowest BCUT2D eigenvalue weighted by molar-refractivity contribution is 1.20. The highest BCUT2D eigenvalue weighted by molar-refractivity contribution is 7.09. The smallest absolute Gasteiger partial charge is 0.0494 e. The summed E-state index contributed by atoms with van der Waals surface area (Å²) < 4.78 is 0. The molecule has 0 aliphatic heterocycles. The molecule has 0 radical (unpaired) electrons. The van der Waals surface area contributed by atoms with Crippen LogP contribution in [0.1, 0.15) is 4.88 Å². The summed E-state index contributed by atoms with van der Waals surface area (Å²) in [6, 6.07) is 19.1. The SMILES string of the molecule is c1csc(CNc2cccc3ccccc23)c1. The highest BCUT2D eigenvalue weighted by Crippen LogP contribution is 2.23. The van der Waals surface area contributed by atoms with Crippen molar-refractivity contribution in [3.63, 3.8) is 0 Å². The van der Waals surface area contributed by atoms with Crippen LogP contribution in [0, 0.1) is 0 Å². The van der Waals surface area contributed by atoms with E-state index in [0.29, 0.717) is 0 Å². The number of fused-ring (bicyclic) bond motifs is 1. The summed E-state index contributed by atoms with van der Waals surface area (Å²) in [6.45, 7) is 0.895. The first-order valence-corrected chi connectivity index (χ1v) is 6.55. The molecule has 1 heterocycles. The number of rotatable bonds is 3. The molecule has 3 aromatic rings. The Balaban J connectivity index is 1.90. The standard InChI is InChI=1S/C15H13NS/c1-2-8-14-12(5-1)6-3-9-15(14)16-11-13-7-4-10-17-13/h1-10,16H,11H2. The Morgan fingerprint density at radius 2 is 1.76 bits per heavy atom. The number of nitrogens with one attached hydrogen (secondary N) is 1. The largest absolute Gasteiger partial charge is 0.380 e. The van der Waals surface area contributed by atoms with Crippen LogP contribution in [0.3, 0.4) is 0 Å². The first-order valence-electron chi connectivity index (χ1n) is 5.67. The normalized spacial score (nSPS) is 10.6.